The Morgan fingerprint density at radius 1 is 1.35 bits per heavy atom. The van der Waals surface area contributed by atoms with Crippen LogP contribution in [0.2, 0.25) is 5.15 Å². The van der Waals surface area contributed by atoms with E-state index in [4.69, 9.17) is 16.0 Å². The zero-order valence-corrected chi connectivity index (χ0v) is 9.63. The molecule has 0 aliphatic heterocycles. The minimum atomic E-state index is 0.430. The molecule has 0 aliphatic carbocycles. The molecule has 2 aromatic heterocycles. The SMILES string of the molecule is Clc1cccc(N/N=C/C=C/c2ccoc2)n1. The summed E-state index contributed by atoms with van der Waals surface area (Å²) >= 11 is 5.73. The van der Waals surface area contributed by atoms with E-state index in [1.807, 2.05) is 12.1 Å². The van der Waals surface area contributed by atoms with Crippen LogP contribution in [0, 0.1) is 0 Å². The van der Waals surface area contributed by atoms with E-state index in [-0.39, 0.29) is 0 Å². The summed E-state index contributed by atoms with van der Waals surface area (Å²) in [6, 6.07) is 7.14. The first-order chi connectivity index (χ1) is 8.34. The van der Waals surface area contributed by atoms with E-state index >= 15 is 0 Å². The smallest absolute Gasteiger partial charge is 0.147 e. The maximum Gasteiger partial charge on any atom is 0.147 e. The van der Waals surface area contributed by atoms with Crippen LogP contribution in [-0.2, 0) is 0 Å². The third-order valence-electron chi connectivity index (χ3n) is 1.89. The average Bonchev–Trinajstić information content (AvgIpc) is 2.82. The lowest BCUT2D eigenvalue weighted by atomic mass is 10.3. The fourth-order valence-electron chi connectivity index (χ4n) is 1.14. The molecule has 4 nitrogen and oxygen atoms in total. The van der Waals surface area contributed by atoms with E-state index in [9.17, 15) is 0 Å². The Balaban J connectivity index is 1.86. The number of halogens is 1. The Bertz CT molecular complexity index is 520. The van der Waals surface area contributed by atoms with E-state index in [1.54, 1.807) is 43.0 Å². The van der Waals surface area contributed by atoms with Crippen LogP contribution in [-0.4, -0.2) is 11.2 Å². The molecule has 86 valence electrons. The minimum Gasteiger partial charge on any atom is -0.472 e. The molecule has 5 heteroatoms. The summed E-state index contributed by atoms with van der Waals surface area (Å²) in [4.78, 5) is 4.02. The lowest BCUT2D eigenvalue weighted by molar-refractivity contribution is 0.567. The average molecular weight is 248 g/mol. The maximum atomic E-state index is 5.73. The molecule has 2 aromatic rings. The highest BCUT2D eigenvalue weighted by Crippen LogP contribution is 2.08. The van der Waals surface area contributed by atoms with Gasteiger partial charge in [-0.15, -0.1) is 0 Å². The summed E-state index contributed by atoms with van der Waals surface area (Å²) in [7, 11) is 0. The van der Waals surface area contributed by atoms with Crippen LogP contribution >= 0.6 is 11.6 Å². The Morgan fingerprint density at radius 2 is 2.29 bits per heavy atom. The van der Waals surface area contributed by atoms with Crippen molar-refractivity contribution in [3.05, 3.63) is 53.6 Å². The molecule has 0 bridgehead atoms. The van der Waals surface area contributed by atoms with Crippen molar-refractivity contribution in [1.82, 2.24) is 4.98 Å². The van der Waals surface area contributed by atoms with Gasteiger partial charge in [-0.2, -0.15) is 5.10 Å². The quantitative estimate of drug-likeness (QED) is 0.512. The first-order valence-electron chi connectivity index (χ1n) is 4.95. The van der Waals surface area contributed by atoms with Crippen LogP contribution in [0.1, 0.15) is 5.56 Å². The third kappa shape index (κ3) is 3.77. The van der Waals surface area contributed by atoms with E-state index < -0.39 is 0 Å². The van der Waals surface area contributed by atoms with Crippen molar-refractivity contribution in [2.75, 3.05) is 5.43 Å². The van der Waals surface area contributed by atoms with Crippen molar-refractivity contribution < 1.29 is 4.42 Å². The molecular weight excluding hydrogens is 238 g/mol. The normalized spacial score (nSPS) is 11.4. The van der Waals surface area contributed by atoms with Crippen LogP contribution in [0.15, 0.2) is 52.4 Å². The van der Waals surface area contributed by atoms with Gasteiger partial charge in [0.2, 0.25) is 0 Å². The number of pyridine rings is 1. The highest BCUT2D eigenvalue weighted by atomic mass is 35.5. The number of furan rings is 1. The summed E-state index contributed by atoms with van der Waals surface area (Å²) in [5, 5.41) is 4.40. The molecule has 0 amide bonds. The summed E-state index contributed by atoms with van der Waals surface area (Å²) in [5.41, 5.74) is 3.75. The maximum absolute atomic E-state index is 5.73. The minimum absolute atomic E-state index is 0.430. The second-order valence-electron chi connectivity index (χ2n) is 3.15. The van der Waals surface area contributed by atoms with E-state index in [0.29, 0.717) is 11.0 Å². The van der Waals surface area contributed by atoms with E-state index in [0.717, 1.165) is 5.56 Å². The van der Waals surface area contributed by atoms with Crippen LogP contribution < -0.4 is 5.43 Å². The van der Waals surface area contributed by atoms with Gasteiger partial charge in [0.1, 0.15) is 11.0 Å². The zero-order chi connectivity index (χ0) is 11.9. The third-order valence-corrected chi connectivity index (χ3v) is 2.10. The van der Waals surface area contributed by atoms with Crippen LogP contribution in [0.4, 0.5) is 5.82 Å². The molecule has 0 radical (unpaired) electrons. The van der Waals surface area contributed by atoms with Crippen molar-refractivity contribution in [1.29, 1.82) is 0 Å². The van der Waals surface area contributed by atoms with Gasteiger partial charge in [-0.05, 0) is 24.3 Å². The molecule has 0 spiro atoms. The van der Waals surface area contributed by atoms with Crippen molar-refractivity contribution in [2.24, 2.45) is 5.10 Å². The van der Waals surface area contributed by atoms with Crippen LogP contribution in [0.3, 0.4) is 0 Å². The van der Waals surface area contributed by atoms with Crippen LogP contribution in [0.25, 0.3) is 6.08 Å². The topological polar surface area (TPSA) is 50.4 Å². The van der Waals surface area contributed by atoms with Crippen molar-refractivity contribution in [3.8, 4) is 0 Å². The summed E-state index contributed by atoms with van der Waals surface area (Å²) < 4.78 is 4.92. The van der Waals surface area contributed by atoms with Gasteiger partial charge in [-0.3, -0.25) is 5.43 Å². The molecule has 0 aliphatic rings. The van der Waals surface area contributed by atoms with Gasteiger partial charge < -0.3 is 4.42 Å². The molecule has 0 fully saturated rings. The van der Waals surface area contributed by atoms with Gasteiger partial charge in [0.15, 0.2) is 0 Å². The molecule has 0 atom stereocenters. The number of hydrogen-bond donors (Lipinski definition) is 1. The number of hydrazone groups is 1. The number of rotatable bonds is 4. The Hall–Kier alpha value is -2.07. The first-order valence-corrected chi connectivity index (χ1v) is 5.33. The number of nitrogens with one attached hydrogen (secondary N) is 1. The molecule has 2 heterocycles. The fraction of sp³-hybridized carbons (Fsp3) is 0. The van der Waals surface area contributed by atoms with Gasteiger partial charge in [0.25, 0.3) is 0 Å². The number of aromatic nitrogens is 1. The number of nitrogens with zero attached hydrogens (tertiary/aromatic N) is 2. The first kappa shape index (κ1) is 11.4. The second-order valence-corrected chi connectivity index (χ2v) is 3.54. The predicted molar refractivity (Wildman–Crippen MR) is 69.1 cm³/mol. The van der Waals surface area contributed by atoms with Gasteiger partial charge in [-0.1, -0.05) is 23.7 Å². The lowest BCUT2D eigenvalue weighted by Crippen LogP contribution is -1.91. The highest BCUT2D eigenvalue weighted by Gasteiger charge is 1.91. The van der Waals surface area contributed by atoms with Gasteiger partial charge in [0.05, 0.1) is 12.5 Å². The molecule has 1 N–H and O–H groups in total. The highest BCUT2D eigenvalue weighted by molar-refractivity contribution is 6.29. The van der Waals surface area contributed by atoms with Gasteiger partial charge in [0, 0.05) is 11.8 Å². The zero-order valence-electron chi connectivity index (χ0n) is 8.88. The largest absolute Gasteiger partial charge is 0.472 e. The molecule has 0 saturated carbocycles. The Morgan fingerprint density at radius 3 is 3.06 bits per heavy atom. The van der Waals surface area contributed by atoms with E-state index in [2.05, 4.69) is 15.5 Å². The van der Waals surface area contributed by atoms with Gasteiger partial charge in [-0.25, -0.2) is 4.98 Å². The Kier molecular flexibility index (Phi) is 3.94. The lowest BCUT2D eigenvalue weighted by Gasteiger charge is -1.97. The molecule has 2 rings (SSSR count). The number of allylic oxidation sites excluding steroid dienone is 1. The standard InChI is InChI=1S/C12H10ClN3O/c13-11-4-1-5-12(15-11)16-14-7-2-3-10-6-8-17-9-10/h1-9H,(H,15,16)/b3-2+,14-7+. The summed E-state index contributed by atoms with van der Waals surface area (Å²) in [6.45, 7) is 0. The van der Waals surface area contributed by atoms with Crippen molar-refractivity contribution >= 4 is 29.7 Å². The molecule has 17 heavy (non-hydrogen) atoms. The van der Waals surface area contributed by atoms with Crippen molar-refractivity contribution in [3.63, 3.8) is 0 Å². The monoisotopic (exact) mass is 247 g/mol. The molecule has 0 saturated heterocycles. The second kappa shape index (κ2) is 5.86. The van der Waals surface area contributed by atoms with E-state index in [1.165, 1.54) is 0 Å². The predicted octanol–water partition coefficient (Wildman–Crippen LogP) is 3.44. The summed E-state index contributed by atoms with van der Waals surface area (Å²) in [5.74, 6) is 0.602. The summed E-state index contributed by atoms with van der Waals surface area (Å²) in [6.07, 6.45) is 8.55. The van der Waals surface area contributed by atoms with Gasteiger partial charge >= 0.3 is 0 Å². The molecular formula is C12H10ClN3O. The molecule has 0 unspecified atom stereocenters. The number of hydrogen-bond acceptors (Lipinski definition) is 4. The van der Waals surface area contributed by atoms with Crippen LogP contribution in [0.5, 0.6) is 0 Å². The fourth-order valence-corrected chi connectivity index (χ4v) is 1.30. The van der Waals surface area contributed by atoms with Crippen molar-refractivity contribution in [2.45, 2.75) is 0 Å². The molecule has 0 aromatic carbocycles. The number of anilines is 1. The Labute approximate surface area is 104 Å².